The van der Waals surface area contributed by atoms with Gasteiger partial charge in [0.2, 0.25) is 0 Å². The molecule has 0 saturated heterocycles. The average molecular weight is 326 g/mol. The maximum absolute atomic E-state index is 12.0. The molecule has 0 bridgehead atoms. The standard InChI is InChI=1S/C19H22N2O3/c1-19(2,3)16-6-4-15(5-7-16)18(23)24-13-12-21-17(22)14-8-10-20-11-9-14/h4-11H,12-13H2,1-3H3,(H,21,22). The average Bonchev–Trinajstić information content (AvgIpc) is 2.58. The maximum Gasteiger partial charge on any atom is 0.338 e. The SMILES string of the molecule is CC(C)(C)c1ccc(C(=O)OCCNC(=O)c2ccncc2)cc1. The number of hydrogen-bond donors (Lipinski definition) is 1. The number of rotatable bonds is 5. The summed E-state index contributed by atoms with van der Waals surface area (Å²) in [6.45, 7) is 6.73. The zero-order valence-electron chi connectivity index (χ0n) is 14.2. The van der Waals surface area contributed by atoms with Crippen LogP contribution in [0.15, 0.2) is 48.8 Å². The number of pyridine rings is 1. The lowest BCUT2D eigenvalue weighted by atomic mass is 9.87. The first-order valence-corrected chi connectivity index (χ1v) is 7.84. The van der Waals surface area contributed by atoms with Gasteiger partial charge in [-0.1, -0.05) is 32.9 Å². The topological polar surface area (TPSA) is 68.3 Å². The van der Waals surface area contributed by atoms with Gasteiger partial charge in [0.1, 0.15) is 6.61 Å². The van der Waals surface area contributed by atoms with E-state index >= 15 is 0 Å². The van der Waals surface area contributed by atoms with Gasteiger partial charge in [0.15, 0.2) is 0 Å². The van der Waals surface area contributed by atoms with Gasteiger partial charge in [-0.25, -0.2) is 4.79 Å². The van der Waals surface area contributed by atoms with Gasteiger partial charge in [0.05, 0.1) is 12.1 Å². The van der Waals surface area contributed by atoms with Gasteiger partial charge in [0, 0.05) is 18.0 Å². The van der Waals surface area contributed by atoms with Gasteiger partial charge in [-0.15, -0.1) is 0 Å². The summed E-state index contributed by atoms with van der Waals surface area (Å²) < 4.78 is 5.17. The molecule has 0 aliphatic rings. The number of nitrogens with zero attached hydrogens (tertiary/aromatic N) is 1. The second-order valence-electron chi connectivity index (χ2n) is 6.46. The summed E-state index contributed by atoms with van der Waals surface area (Å²) in [4.78, 5) is 27.6. The number of aromatic nitrogens is 1. The third-order valence-electron chi connectivity index (χ3n) is 3.55. The van der Waals surface area contributed by atoms with Crippen LogP contribution in [0.3, 0.4) is 0 Å². The quantitative estimate of drug-likeness (QED) is 0.677. The summed E-state index contributed by atoms with van der Waals surface area (Å²) in [7, 11) is 0. The van der Waals surface area contributed by atoms with Crippen LogP contribution in [0.4, 0.5) is 0 Å². The summed E-state index contributed by atoms with van der Waals surface area (Å²) in [5, 5.41) is 2.69. The summed E-state index contributed by atoms with van der Waals surface area (Å²) in [6, 6.07) is 10.6. The van der Waals surface area contributed by atoms with Crippen LogP contribution >= 0.6 is 0 Å². The van der Waals surface area contributed by atoms with Gasteiger partial charge in [-0.3, -0.25) is 9.78 Å². The number of amides is 1. The maximum atomic E-state index is 12.0. The minimum Gasteiger partial charge on any atom is -0.460 e. The third kappa shape index (κ3) is 4.91. The highest BCUT2D eigenvalue weighted by atomic mass is 16.5. The predicted molar refractivity (Wildman–Crippen MR) is 92.0 cm³/mol. The summed E-state index contributed by atoms with van der Waals surface area (Å²) >= 11 is 0. The van der Waals surface area contributed by atoms with Crippen molar-refractivity contribution in [2.45, 2.75) is 26.2 Å². The van der Waals surface area contributed by atoms with E-state index < -0.39 is 5.97 Å². The van der Waals surface area contributed by atoms with Crippen molar-refractivity contribution in [2.24, 2.45) is 0 Å². The third-order valence-corrected chi connectivity index (χ3v) is 3.55. The molecule has 2 rings (SSSR count). The molecule has 2 aromatic rings. The van der Waals surface area contributed by atoms with Crippen molar-refractivity contribution < 1.29 is 14.3 Å². The highest BCUT2D eigenvalue weighted by molar-refractivity contribution is 5.94. The lowest BCUT2D eigenvalue weighted by Crippen LogP contribution is -2.28. The van der Waals surface area contributed by atoms with E-state index in [0.717, 1.165) is 5.56 Å². The fraction of sp³-hybridized carbons (Fsp3) is 0.316. The van der Waals surface area contributed by atoms with E-state index in [0.29, 0.717) is 11.1 Å². The van der Waals surface area contributed by atoms with E-state index in [4.69, 9.17) is 4.74 Å². The van der Waals surface area contributed by atoms with Crippen LogP contribution in [0, 0.1) is 0 Å². The highest BCUT2D eigenvalue weighted by Crippen LogP contribution is 2.22. The Morgan fingerprint density at radius 3 is 2.21 bits per heavy atom. The zero-order valence-corrected chi connectivity index (χ0v) is 14.2. The van der Waals surface area contributed by atoms with Crippen LogP contribution in [-0.2, 0) is 10.2 Å². The van der Waals surface area contributed by atoms with Crippen molar-refractivity contribution in [3.05, 3.63) is 65.5 Å². The fourth-order valence-electron chi connectivity index (χ4n) is 2.10. The summed E-state index contributed by atoms with van der Waals surface area (Å²) in [5.74, 6) is -0.614. The van der Waals surface area contributed by atoms with E-state index in [-0.39, 0.29) is 24.5 Å². The van der Waals surface area contributed by atoms with Crippen LogP contribution in [-0.4, -0.2) is 30.0 Å². The van der Waals surface area contributed by atoms with E-state index in [2.05, 4.69) is 31.1 Å². The molecule has 0 fully saturated rings. The number of carbonyl (C=O) groups excluding carboxylic acids is 2. The monoisotopic (exact) mass is 326 g/mol. The Morgan fingerprint density at radius 1 is 1.00 bits per heavy atom. The number of hydrogen-bond acceptors (Lipinski definition) is 4. The molecule has 5 nitrogen and oxygen atoms in total. The second-order valence-corrected chi connectivity index (χ2v) is 6.46. The predicted octanol–water partition coefficient (Wildman–Crippen LogP) is 2.97. The molecule has 5 heteroatoms. The van der Waals surface area contributed by atoms with Gasteiger partial charge >= 0.3 is 5.97 Å². The highest BCUT2D eigenvalue weighted by Gasteiger charge is 2.14. The minimum atomic E-state index is -0.395. The Balaban J connectivity index is 1.78. The van der Waals surface area contributed by atoms with Crippen LogP contribution in [0.1, 0.15) is 47.1 Å². The first-order chi connectivity index (χ1) is 11.4. The van der Waals surface area contributed by atoms with Crippen molar-refractivity contribution in [3.63, 3.8) is 0 Å². The molecule has 1 N–H and O–H groups in total. The Bertz CT molecular complexity index is 689. The molecule has 1 aromatic carbocycles. The van der Waals surface area contributed by atoms with Crippen molar-refractivity contribution in [3.8, 4) is 0 Å². The molecule has 0 atom stereocenters. The van der Waals surface area contributed by atoms with Crippen molar-refractivity contribution >= 4 is 11.9 Å². The van der Waals surface area contributed by atoms with Crippen LogP contribution in [0.25, 0.3) is 0 Å². The van der Waals surface area contributed by atoms with Crippen molar-refractivity contribution in [1.29, 1.82) is 0 Å². The van der Waals surface area contributed by atoms with Gasteiger partial charge in [-0.05, 0) is 35.2 Å². The van der Waals surface area contributed by atoms with Crippen LogP contribution in [0.2, 0.25) is 0 Å². The molecule has 126 valence electrons. The van der Waals surface area contributed by atoms with E-state index in [1.165, 1.54) is 0 Å². The molecule has 1 amide bonds. The molecule has 0 spiro atoms. The van der Waals surface area contributed by atoms with Crippen molar-refractivity contribution in [2.75, 3.05) is 13.2 Å². The molecule has 1 heterocycles. The number of esters is 1. The molecule has 0 saturated carbocycles. The molecular formula is C19H22N2O3. The molecule has 0 unspecified atom stereocenters. The van der Waals surface area contributed by atoms with Gasteiger partial charge in [-0.2, -0.15) is 0 Å². The van der Waals surface area contributed by atoms with Crippen LogP contribution < -0.4 is 5.32 Å². The fourth-order valence-corrected chi connectivity index (χ4v) is 2.10. The number of ether oxygens (including phenoxy) is 1. The molecule has 0 aliphatic heterocycles. The number of nitrogens with one attached hydrogen (secondary N) is 1. The van der Waals surface area contributed by atoms with Crippen LogP contribution in [0.5, 0.6) is 0 Å². The molecular weight excluding hydrogens is 304 g/mol. The lowest BCUT2D eigenvalue weighted by molar-refractivity contribution is 0.0503. The van der Waals surface area contributed by atoms with E-state index in [1.54, 1.807) is 36.7 Å². The lowest BCUT2D eigenvalue weighted by Gasteiger charge is -2.18. The number of benzene rings is 1. The number of carbonyl (C=O) groups is 2. The molecule has 24 heavy (non-hydrogen) atoms. The van der Waals surface area contributed by atoms with Crippen molar-refractivity contribution in [1.82, 2.24) is 10.3 Å². The molecule has 0 aliphatic carbocycles. The second kappa shape index (κ2) is 7.73. The minimum absolute atomic E-state index is 0.0413. The Hall–Kier alpha value is -2.69. The van der Waals surface area contributed by atoms with Gasteiger partial charge in [0.25, 0.3) is 5.91 Å². The zero-order chi connectivity index (χ0) is 17.6. The Morgan fingerprint density at radius 2 is 1.62 bits per heavy atom. The smallest absolute Gasteiger partial charge is 0.338 e. The van der Waals surface area contributed by atoms with E-state index in [9.17, 15) is 9.59 Å². The molecule has 0 radical (unpaired) electrons. The molecule has 1 aromatic heterocycles. The normalized spacial score (nSPS) is 11.0. The Kier molecular flexibility index (Phi) is 5.68. The largest absolute Gasteiger partial charge is 0.460 e. The first-order valence-electron chi connectivity index (χ1n) is 7.84. The summed E-state index contributed by atoms with van der Waals surface area (Å²) in [5.41, 5.74) is 2.22. The first kappa shape index (κ1) is 17.7. The van der Waals surface area contributed by atoms with Gasteiger partial charge < -0.3 is 10.1 Å². The Labute approximate surface area is 142 Å². The van der Waals surface area contributed by atoms with E-state index in [1.807, 2.05) is 12.1 Å². The summed E-state index contributed by atoms with van der Waals surface area (Å²) in [6.07, 6.45) is 3.10.